The van der Waals surface area contributed by atoms with E-state index >= 15 is 0 Å². The molecule has 0 spiro atoms. The molecule has 0 atom stereocenters. The van der Waals surface area contributed by atoms with Crippen molar-refractivity contribution in [3.63, 3.8) is 0 Å². The number of anilines is 1. The Labute approximate surface area is 136 Å². The summed E-state index contributed by atoms with van der Waals surface area (Å²) in [7, 11) is 0. The Hall–Kier alpha value is -2.36. The molecule has 0 heterocycles. The van der Waals surface area contributed by atoms with E-state index in [1.165, 1.54) is 24.3 Å². The van der Waals surface area contributed by atoms with E-state index in [0.717, 1.165) is 11.3 Å². The maximum atomic E-state index is 13.0. The maximum Gasteiger partial charge on any atom is 0.270 e. The predicted octanol–water partition coefficient (Wildman–Crippen LogP) is 4.34. The lowest BCUT2D eigenvalue weighted by Crippen LogP contribution is -2.49. The Balaban J connectivity index is 2.25. The highest BCUT2D eigenvalue weighted by atomic mass is 19.1. The van der Waals surface area contributed by atoms with Gasteiger partial charge in [0, 0.05) is 12.2 Å². The molecule has 122 valence electrons. The minimum atomic E-state index is -1.06. The summed E-state index contributed by atoms with van der Waals surface area (Å²) in [6, 6.07) is 13.4. The molecule has 0 unspecified atom stereocenters. The van der Waals surface area contributed by atoms with Gasteiger partial charge in [-0.3, -0.25) is 4.79 Å². The third-order valence-electron chi connectivity index (χ3n) is 3.67. The van der Waals surface area contributed by atoms with Gasteiger partial charge in [-0.25, -0.2) is 4.39 Å². The highest BCUT2D eigenvalue weighted by Crippen LogP contribution is 2.25. The van der Waals surface area contributed by atoms with Gasteiger partial charge < -0.3 is 9.64 Å². The van der Waals surface area contributed by atoms with Gasteiger partial charge in [-0.2, -0.15) is 0 Å². The summed E-state index contributed by atoms with van der Waals surface area (Å²) >= 11 is 0. The number of ether oxygens (including phenoxy) is 1. The second-order valence-corrected chi connectivity index (χ2v) is 5.90. The molecule has 0 fully saturated rings. The molecule has 0 bridgehead atoms. The highest BCUT2D eigenvalue weighted by Gasteiger charge is 2.34. The van der Waals surface area contributed by atoms with E-state index < -0.39 is 5.60 Å². The van der Waals surface area contributed by atoms with Crippen LogP contribution in [0.15, 0.2) is 48.5 Å². The molecular formula is C19H22FNO2. The average molecular weight is 315 g/mol. The van der Waals surface area contributed by atoms with Gasteiger partial charge in [0.25, 0.3) is 5.91 Å². The van der Waals surface area contributed by atoms with Crippen LogP contribution in [0.1, 0.15) is 26.3 Å². The molecule has 0 N–H and O–H groups in total. The summed E-state index contributed by atoms with van der Waals surface area (Å²) in [6.45, 7) is 7.89. The van der Waals surface area contributed by atoms with Crippen molar-refractivity contribution in [1.82, 2.24) is 0 Å². The predicted molar refractivity (Wildman–Crippen MR) is 90.3 cm³/mol. The van der Waals surface area contributed by atoms with E-state index in [2.05, 4.69) is 0 Å². The lowest BCUT2D eigenvalue weighted by Gasteiger charge is -2.32. The van der Waals surface area contributed by atoms with Crippen molar-refractivity contribution in [2.45, 2.75) is 33.3 Å². The van der Waals surface area contributed by atoms with Crippen LogP contribution in [0.2, 0.25) is 0 Å². The molecule has 2 aromatic carbocycles. The van der Waals surface area contributed by atoms with E-state index in [9.17, 15) is 9.18 Å². The highest BCUT2D eigenvalue weighted by molar-refractivity contribution is 5.99. The Kier molecular flexibility index (Phi) is 5.04. The smallest absolute Gasteiger partial charge is 0.270 e. The molecule has 23 heavy (non-hydrogen) atoms. The molecule has 2 aromatic rings. The van der Waals surface area contributed by atoms with Gasteiger partial charge in [-0.1, -0.05) is 18.2 Å². The van der Waals surface area contributed by atoms with Gasteiger partial charge in [-0.05, 0) is 63.6 Å². The fraction of sp³-hybridized carbons (Fsp3) is 0.316. The van der Waals surface area contributed by atoms with Crippen LogP contribution in [0, 0.1) is 12.7 Å². The van der Waals surface area contributed by atoms with E-state index in [1.54, 1.807) is 18.7 Å². The standard InChI is InChI=1S/C19H22FNO2/c1-5-21(17-9-7-6-8-14(17)2)18(22)19(3,4)23-16-12-10-15(20)11-13-16/h6-13H,5H2,1-4H3. The topological polar surface area (TPSA) is 29.5 Å². The molecule has 0 aliphatic carbocycles. The Morgan fingerprint density at radius 3 is 2.30 bits per heavy atom. The molecule has 0 radical (unpaired) electrons. The van der Waals surface area contributed by atoms with Crippen LogP contribution in [0.5, 0.6) is 5.75 Å². The molecule has 3 nitrogen and oxygen atoms in total. The number of likely N-dealkylation sites (N-methyl/N-ethyl adjacent to an activating group) is 1. The first-order valence-corrected chi connectivity index (χ1v) is 7.67. The number of benzene rings is 2. The Morgan fingerprint density at radius 1 is 1.13 bits per heavy atom. The van der Waals surface area contributed by atoms with Crippen LogP contribution < -0.4 is 9.64 Å². The van der Waals surface area contributed by atoms with E-state index in [-0.39, 0.29) is 11.7 Å². The van der Waals surface area contributed by atoms with E-state index in [0.29, 0.717) is 12.3 Å². The number of carbonyl (C=O) groups is 1. The number of halogens is 1. The third-order valence-corrected chi connectivity index (χ3v) is 3.67. The molecule has 0 saturated carbocycles. The lowest BCUT2D eigenvalue weighted by atomic mass is 10.1. The van der Waals surface area contributed by atoms with Crippen LogP contribution in [0.4, 0.5) is 10.1 Å². The molecule has 0 aromatic heterocycles. The number of rotatable bonds is 5. The summed E-state index contributed by atoms with van der Waals surface area (Å²) in [5, 5.41) is 0. The van der Waals surface area contributed by atoms with E-state index in [1.807, 2.05) is 38.1 Å². The van der Waals surface area contributed by atoms with Crippen LogP contribution in [-0.4, -0.2) is 18.1 Å². The zero-order valence-electron chi connectivity index (χ0n) is 14.0. The summed E-state index contributed by atoms with van der Waals surface area (Å²) in [5.41, 5.74) is 0.840. The number of carbonyl (C=O) groups excluding carboxylic acids is 1. The first kappa shape index (κ1) is 17.0. The maximum absolute atomic E-state index is 13.0. The molecule has 0 aliphatic rings. The fourth-order valence-electron chi connectivity index (χ4n) is 2.46. The number of nitrogens with zero attached hydrogens (tertiary/aromatic N) is 1. The van der Waals surface area contributed by atoms with Crippen molar-refractivity contribution < 1.29 is 13.9 Å². The minimum Gasteiger partial charge on any atom is -0.478 e. The van der Waals surface area contributed by atoms with Gasteiger partial charge in [0.1, 0.15) is 11.6 Å². The molecule has 1 amide bonds. The molecule has 4 heteroatoms. The van der Waals surface area contributed by atoms with Gasteiger partial charge in [-0.15, -0.1) is 0 Å². The van der Waals surface area contributed by atoms with Crippen molar-refractivity contribution in [3.8, 4) is 5.75 Å². The van der Waals surface area contributed by atoms with Gasteiger partial charge >= 0.3 is 0 Å². The molecule has 0 saturated heterocycles. The molecule has 2 rings (SSSR count). The van der Waals surface area contributed by atoms with Crippen LogP contribution in [0.25, 0.3) is 0 Å². The summed E-state index contributed by atoms with van der Waals surface area (Å²) in [4.78, 5) is 14.7. The van der Waals surface area contributed by atoms with Crippen LogP contribution >= 0.6 is 0 Å². The Bertz CT molecular complexity index is 680. The van der Waals surface area contributed by atoms with Crippen molar-refractivity contribution in [1.29, 1.82) is 0 Å². The lowest BCUT2D eigenvalue weighted by molar-refractivity contribution is -0.131. The van der Waals surface area contributed by atoms with Gasteiger partial charge in [0.2, 0.25) is 0 Å². The van der Waals surface area contributed by atoms with Gasteiger partial charge in [0.05, 0.1) is 0 Å². The second-order valence-electron chi connectivity index (χ2n) is 5.90. The van der Waals surface area contributed by atoms with E-state index in [4.69, 9.17) is 4.74 Å². The fourth-order valence-corrected chi connectivity index (χ4v) is 2.46. The molecule has 0 aliphatic heterocycles. The minimum absolute atomic E-state index is 0.140. The monoisotopic (exact) mass is 315 g/mol. The van der Waals surface area contributed by atoms with Crippen LogP contribution in [-0.2, 0) is 4.79 Å². The quantitative estimate of drug-likeness (QED) is 0.821. The Morgan fingerprint density at radius 2 is 1.74 bits per heavy atom. The largest absolute Gasteiger partial charge is 0.478 e. The normalized spacial score (nSPS) is 11.2. The SMILES string of the molecule is CCN(C(=O)C(C)(C)Oc1ccc(F)cc1)c1ccccc1C. The third kappa shape index (κ3) is 3.89. The van der Waals surface area contributed by atoms with Gasteiger partial charge in [0.15, 0.2) is 5.60 Å². The first-order chi connectivity index (χ1) is 10.8. The van der Waals surface area contributed by atoms with Crippen molar-refractivity contribution >= 4 is 11.6 Å². The summed E-state index contributed by atoms with van der Waals surface area (Å²) < 4.78 is 18.8. The number of para-hydroxylation sites is 1. The number of hydrogen-bond acceptors (Lipinski definition) is 2. The number of hydrogen-bond donors (Lipinski definition) is 0. The zero-order chi connectivity index (χ0) is 17.0. The summed E-state index contributed by atoms with van der Waals surface area (Å²) in [6.07, 6.45) is 0. The average Bonchev–Trinajstić information content (AvgIpc) is 2.52. The van der Waals surface area contributed by atoms with Crippen molar-refractivity contribution in [3.05, 3.63) is 59.9 Å². The van der Waals surface area contributed by atoms with Crippen molar-refractivity contribution in [2.75, 3.05) is 11.4 Å². The molecular weight excluding hydrogens is 293 g/mol. The van der Waals surface area contributed by atoms with Crippen molar-refractivity contribution in [2.24, 2.45) is 0 Å². The van der Waals surface area contributed by atoms with Crippen LogP contribution in [0.3, 0.4) is 0 Å². The second kappa shape index (κ2) is 6.82. The summed E-state index contributed by atoms with van der Waals surface area (Å²) in [5.74, 6) is -0.0132. The first-order valence-electron chi connectivity index (χ1n) is 7.67. The zero-order valence-corrected chi connectivity index (χ0v) is 14.0. The number of aryl methyl sites for hydroxylation is 1. The number of amides is 1.